The fourth-order valence-electron chi connectivity index (χ4n) is 2.29. The van der Waals surface area contributed by atoms with Crippen LogP contribution in [-0.4, -0.2) is 15.1 Å². The molecule has 1 aromatic carbocycles. The molecule has 16 heavy (non-hydrogen) atoms. The summed E-state index contributed by atoms with van der Waals surface area (Å²) in [6.07, 6.45) is 0. The van der Waals surface area contributed by atoms with Gasteiger partial charge >= 0.3 is 0 Å². The van der Waals surface area contributed by atoms with Crippen molar-refractivity contribution in [3.8, 4) is 0 Å². The summed E-state index contributed by atoms with van der Waals surface area (Å²) in [6.45, 7) is 5.09. The van der Waals surface area contributed by atoms with Gasteiger partial charge in [-0.3, -0.25) is 10.00 Å². The van der Waals surface area contributed by atoms with Crippen LogP contribution >= 0.6 is 0 Å². The fraction of sp³-hybridized carbons (Fsp3) is 0.308. The third-order valence-electron chi connectivity index (χ3n) is 3.16. The van der Waals surface area contributed by atoms with Gasteiger partial charge in [0.25, 0.3) is 0 Å². The SMILES string of the molecule is Cc1[nH]nc2c1CN(Cc1ccccc1)C2. The lowest BCUT2D eigenvalue weighted by atomic mass is 10.2. The highest BCUT2D eigenvalue weighted by atomic mass is 15.2. The van der Waals surface area contributed by atoms with E-state index in [9.17, 15) is 0 Å². The summed E-state index contributed by atoms with van der Waals surface area (Å²) >= 11 is 0. The van der Waals surface area contributed by atoms with Gasteiger partial charge in [-0.2, -0.15) is 5.10 Å². The molecule has 1 aromatic heterocycles. The summed E-state index contributed by atoms with van der Waals surface area (Å²) in [6, 6.07) is 10.6. The smallest absolute Gasteiger partial charge is 0.0810 e. The van der Waals surface area contributed by atoms with Crippen molar-refractivity contribution in [2.75, 3.05) is 0 Å². The van der Waals surface area contributed by atoms with E-state index in [0.29, 0.717) is 0 Å². The van der Waals surface area contributed by atoms with Crippen LogP contribution < -0.4 is 0 Å². The number of nitrogens with one attached hydrogen (secondary N) is 1. The molecule has 1 aliphatic heterocycles. The Bertz CT molecular complexity index is 487. The molecule has 3 nitrogen and oxygen atoms in total. The second-order valence-corrected chi connectivity index (χ2v) is 4.40. The largest absolute Gasteiger partial charge is 0.289 e. The fourth-order valence-corrected chi connectivity index (χ4v) is 2.29. The molecule has 0 aliphatic carbocycles. The Balaban J connectivity index is 1.73. The van der Waals surface area contributed by atoms with Crippen molar-refractivity contribution in [3.05, 3.63) is 52.8 Å². The Morgan fingerprint density at radius 2 is 2.06 bits per heavy atom. The van der Waals surface area contributed by atoms with Gasteiger partial charge in [0.05, 0.1) is 5.69 Å². The first-order valence-corrected chi connectivity index (χ1v) is 5.62. The van der Waals surface area contributed by atoms with E-state index in [-0.39, 0.29) is 0 Å². The van der Waals surface area contributed by atoms with Crippen molar-refractivity contribution >= 4 is 0 Å². The number of hydrogen-bond donors (Lipinski definition) is 1. The summed E-state index contributed by atoms with van der Waals surface area (Å²) in [7, 11) is 0. The second kappa shape index (κ2) is 3.76. The number of aromatic amines is 1. The maximum atomic E-state index is 4.32. The van der Waals surface area contributed by atoms with Gasteiger partial charge in [-0.15, -0.1) is 0 Å². The molecule has 3 heteroatoms. The van der Waals surface area contributed by atoms with Crippen LogP contribution in [0.4, 0.5) is 0 Å². The Hall–Kier alpha value is -1.61. The van der Waals surface area contributed by atoms with Crippen LogP contribution in [0.1, 0.15) is 22.5 Å². The molecule has 0 fully saturated rings. The van der Waals surface area contributed by atoms with E-state index in [4.69, 9.17) is 0 Å². The summed E-state index contributed by atoms with van der Waals surface area (Å²) in [5.74, 6) is 0. The molecule has 1 aliphatic rings. The Kier molecular flexibility index (Phi) is 2.26. The van der Waals surface area contributed by atoms with E-state index in [2.05, 4.69) is 52.4 Å². The highest BCUT2D eigenvalue weighted by Gasteiger charge is 2.23. The highest BCUT2D eigenvalue weighted by Crippen LogP contribution is 2.24. The molecule has 2 aromatic rings. The molecular weight excluding hydrogens is 198 g/mol. The van der Waals surface area contributed by atoms with Crippen LogP contribution in [0.15, 0.2) is 30.3 Å². The first kappa shape index (κ1) is 9.60. The number of fused-ring (bicyclic) bond motifs is 1. The van der Waals surface area contributed by atoms with Gasteiger partial charge in [0.2, 0.25) is 0 Å². The zero-order valence-electron chi connectivity index (χ0n) is 9.40. The second-order valence-electron chi connectivity index (χ2n) is 4.40. The lowest BCUT2D eigenvalue weighted by Gasteiger charge is -2.14. The predicted octanol–water partition coefficient (Wildman–Crippen LogP) is 2.23. The predicted molar refractivity (Wildman–Crippen MR) is 62.7 cm³/mol. The number of H-pyrrole nitrogens is 1. The van der Waals surface area contributed by atoms with Gasteiger partial charge in [0, 0.05) is 30.9 Å². The Labute approximate surface area is 95.1 Å². The normalized spacial score (nSPS) is 15.3. The number of rotatable bonds is 2. The number of benzene rings is 1. The zero-order chi connectivity index (χ0) is 11.0. The molecule has 0 saturated carbocycles. The lowest BCUT2D eigenvalue weighted by Crippen LogP contribution is -2.16. The van der Waals surface area contributed by atoms with E-state index in [0.717, 1.165) is 19.6 Å². The number of aryl methyl sites for hydroxylation is 1. The highest BCUT2D eigenvalue weighted by molar-refractivity contribution is 5.28. The van der Waals surface area contributed by atoms with Gasteiger partial charge < -0.3 is 0 Å². The third kappa shape index (κ3) is 1.63. The van der Waals surface area contributed by atoms with Gasteiger partial charge in [0.1, 0.15) is 0 Å². The van der Waals surface area contributed by atoms with E-state index >= 15 is 0 Å². The van der Waals surface area contributed by atoms with E-state index in [1.165, 1.54) is 22.5 Å². The summed E-state index contributed by atoms with van der Waals surface area (Å²) in [5, 5.41) is 7.37. The van der Waals surface area contributed by atoms with E-state index in [1.807, 2.05) is 0 Å². The molecule has 0 unspecified atom stereocenters. The quantitative estimate of drug-likeness (QED) is 0.829. The van der Waals surface area contributed by atoms with Crippen LogP contribution in [0.2, 0.25) is 0 Å². The zero-order valence-corrected chi connectivity index (χ0v) is 9.40. The average Bonchev–Trinajstić information content (AvgIpc) is 2.83. The van der Waals surface area contributed by atoms with Crippen LogP contribution in [0.5, 0.6) is 0 Å². The average molecular weight is 213 g/mol. The van der Waals surface area contributed by atoms with Crippen LogP contribution in [0.25, 0.3) is 0 Å². The minimum atomic E-state index is 0.967. The van der Waals surface area contributed by atoms with Crippen molar-refractivity contribution in [1.82, 2.24) is 15.1 Å². The third-order valence-corrected chi connectivity index (χ3v) is 3.16. The molecule has 0 atom stereocenters. The number of aromatic nitrogens is 2. The van der Waals surface area contributed by atoms with Gasteiger partial charge in [0.15, 0.2) is 0 Å². The first-order chi connectivity index (χ1) is 7.83. The summed E-state index contributed by atoms with van der Waals surface area (Å²) in [4.78, 5) is 2.42. The standard InChI is InChI=1S/C13H15N3/c1-10-12-8-16(9-13(12)15-14-10)7-11-5-3-2-4-6-11/h2-6H,7-9H2,1H3,(H,14,15). The first-order valence-electron chi connectivity index (χ1n) is 5.62. The minimum absolute atomic E-state index is 0.967. The number of nitrogens with zero attached hydrogens (tertiary/aromatic N) is 2. The maximum Gasteiger partial charge on any atom is 0.0810 e. The molecule has 0 saturated heterocycles. The summed E-state index contributed by atoms with van der Waals surface area (Å²) < 4.78 is 0. The van der Waals surface area contributed by atoms with Crippen molar-refractivity contribution in [1.29, 1.82) is 0 Å². The molecule has 82 valence electrons. The molecule has 0 spiro atoms. The maximum absolute atomic E-state index is 4.32. The van der Waals surface area contributed by atoms with Gasteiger partial charge in [-0.25, -0.2) is 0 Å². The van der Waals surface area contributed by atoms with Crippen molar-refractivity contribution in [2.45, 2.75) is 26.6 Å². The van der Waals surface area contributed by atoms with Crippen LogP contribution in [0, 0.1) is 6.92 Å². The molecule has 0 amide bonds. The molecule has 1 N–H and O–H groups in total. The Morgan fingerprint density at radius 3 is 2.81 bits per heavy atom. The van der Waals surface area contributed by atoms with Crippen molar-refractivity contribution < 1.29 is 0 Å². The van der Waals surface area contributed by atoms with Gasteiger partial charge in [-0.05, 0) is 12.5 Å². The number of hydrogen-bond acceptors (Lipinski definition) is 2. The van der Waals surface area contributed by atoms with E-state index < -0.39 is 0 Å². The molecule has 0 radical (unpaired) electrons. The monoisotopic (exact) mass is 213 g/mol. The molecule has 0 bridgehead atoms. The minimum Gasteiger partial charge on any atom is -0.289 e. The molecular formula is C13H15N3. The van der Waals surface area contributed by atoms with Crippen molar-refractivity contribution in [3.63, 3.8) is 0 Å². The topological polar surface area (TPSA) is 31.9 Å². The molecule has 2 heterocycles. The van der Waals surface area contributed by atoms with Crippen LogP contribution in [-0.2, 0) is 19.6 Å². The van der Waals surface area contributed by atoms with Gasteiger partial charge in [-0.1, -0.05) is 30.3 Å². The van der Waals surface area contributed by atoms with Crippen LogP contribution in [0.3, 0.4) is 0 Å². The van der Waals surface area contributed by atoms with Crippen molar-refractivity contribution in [2.24, 2.45) is 0 Å². The van der Waals surface area contributed by atoms with E-state index in [1.54, 1.807) is 0 Å². The Morgan fingerprint density at radius 1 is 1.25 bits per heavy atom. The lowest BCUT2D eigenvalue weighted by molar-refractivity contribution is 0.271. The molecule has 3 rings (SSSR count). The summed E-state index contributed by atoms with van der Waals surface area (Å²) in [5.41, 5.74) is 5.18.